The molecular formula is C23H24ClFN2O. The molecule has 3 rings (SSSR count). The van der Waals surface area contributed by atoms with E-state index < -0.39 is 0 Å². The van der Waals surface area contributed by atoms with Crippen LogP contribution in [0.2, 0.25) is 5.02 Å². The second-order valence-corrected chi connectivity index (χ2v) is 7.72. The highest BCUT2D eigenvalue weighted by molar-refractivity contribution is 6.30. The van der Waals surface area contributed by atoms with Crippen LogP contribution in [0.5, 0.6) is 0 Å². The molecule has 1 heterocycles. The summed E-state index contributed by atoms with van der Waals surface area (Å²) in [5, 5.41) is 3.64. The Balaban J connectivity index is 2.05. The molecule has 0 atom stereocenters. The van der Waals surface area contributed by atoms with Crippen molar-refractivity contribution in [3.05, 3.63) is 76.7 Å². The molecule has 0 fully saturated rings. The van der Waals surface area contributed by atoms with Crippen LogP contribution in [-0.2, 0) is 0 Å². The summed E-state index contributed by atoms with van der Waals surface area (Å²) >= 11 is 6.03. The van der Waals surface area contributed by atoms with E-state index in [1.54, 1.807) is 12.1 Å². The normalized spacial score (nSPS) is 11.1. The number of nitrogens with one attached hydrogen (secondary N) is 1. The predicted molar refractivity (Wildman–Crippen MR) is 113 cm³/mol. The number of hydrogen-bond donors (Lipinski definition) is 1. The van der Waals surface area contributed by atoms with Crippen molar-refractivity contribution in [1.29, 1.82) is 0 Å². The van der Waals surface area contributed by atoms with E-state index in [-0.39, 0.29) is 11.7 Å². The van der Waals surface area contributed by atoms with Gasteiger partial charge in [0.25, 0.3) is 5.91 Å². The third kappa shape index (κ3) is 4.45. The zero-order chi connectivity index (χ0) is 20.3. The Labute approximate surface area is 170 Å². The third-order valence-corrected chi connectivity index (χ3v) is 4.98. The molecule has 0 aliphatic rings. The molecule has 28 heavy (non-hydrogen) atoms. The summed E-state index contributed by atoms with van der Waals surface area (Å²) in [6.07, 6.45) is 0.924. The monoisotopic (exact) mass is 398 g/mol. The zero-order valence-electron chi connectivity index (χ0n) is 16.3. The van der Waals surface area contributed by atoms with Crippen LogP contribution in [0.3, 0.4) is 0 Å². The fourth-order valence-corrected chi connectivity index (χ4v) is 3.29. The molecule has 0 aliphatic carbocycles. The van der Waals surface area contributed by atoms with E-state index in [0.717, 1.165) is 29.1 Å². The summed E-state index contributed by atoms with van der Waals surface area (Å²) in [5.74, 6) is 0.123. The van der Waals surface area contributed by atoms with E-state index in [4.69, 9.17) is 11.6 Å². The summed E-state index contributed by atoms with van der Waals surface area (Å²) in [6.45, 7) is 6.79. The van der Waals surface area contributed by atoms with Crippen LogP contribution in [0, 0.1) is 18.7 Å². The Kier molecular flexibility index (Phi) is 6.20. The number of benzene rings is 2. The SMILES string of the molecule is Cc1c(C(=O)NCCC(C)C)cc(-c2ccc(Cl)cc2)n1-c1ccc(F)cc1. The van der Waals surface area contributed by atoms with Gasteiger partial charge in [-0.2, -0.15) is 0 Å². The number of nitrogens with zero attached hydrogens (tertiary/aromatic N) is 1. The maximum Gasteiger partial charge on any atom is 0.253 e. The van der Waals surface area contributed by atoms with Gasteiger partial charge in [0.05, 0.1) is 11.3 Å². The van der Waals surface area contributed by atoms with Gasteiger partial charge in [0.2, 0.25) is 0 Å². The minimum atomic E-state index is -0.298. The van der Waals surface area contributed by atoms with E-state index >= 15 is 0 Å². The van der Waals surface area contributed by atoms with Gasteiger partial charge in [-0.25, -0.2) is 4.39 Å². The maximum atomic E-state index is 13.4. The lowest BCUT2D eigenvalue weighted by molar-refractivity contribution is 0.0951. The maximum absolute atomic E-state index is 13.4. The average Bonchev–Trinajstić information content (AvgIpc) is 3.00. The van der Waals surface area contributed by atoms with Gasteiger partial charge >= 0.3 is 0 Å². The van der Waals surface area contributed by atoms with Gasteiger partial charge < -0.3 is 9.88 Å². The molecule has 5 heteroatoms. The van der Waals surface area contributed by atoms with Crippen molar-refractivity contribution in [3.63, 3.8) is 0 Å². The minimum absolute atomic E-state index is 0.103. The first-order valence-electron chi connectivity index (χ1n) is 9.39. The third-order valence-electron chi connectivity index (χ3n) is 4.72. The van der Waals surface area contributed by atoms with Gasteiger partial charge in [0.1, 0.15) is 5.82 Å². The Bertz CT molecular complexity index is 960. The first-order chi connectivity index (χ1) is 13.4. The number of amides is 1. The van der Waals surface area contributed by atoms with Gasteiger partial charge in [-0.3, -0.25) is 4.79 Å². The summed E-state index contributed by atoms with van der Waals surface area (Å²) in [4.78, 5) is 12.8. The van der Waals surface area contributed by atoms with Crippen molar-refractivity contribution in [2.45, 2.75) is 27.2 Å². The average molecular weight is 399 g/mol. The summed E-state index contributed by atoms with van der Waals surface area (Å²) in [7, 11) is 0. The zero-order valence-corrected chi connectivity index (χ0v) is 17.1. The highest BCUT2D eigenvalue weighted by Gasteiger charge is 2.19. The van der Waals surface area contributed by atoms with E-state index in [9.17, 15) is 9.18 Å². The number of carbonyl (C=O) groups is 1. The molecule has 146 valence electrons. The van der Waals surface area contributed by atoms with Crippen LogP contribution < -0.4 is 5.32 Å². The second kappa shape index (κ2) is 8.61. The molecule has 0 bridgehead atoms. The predicted octanol–water partition coefficient (Wildman–Crippen LogP) is 6.02. The molecule has 3 aromatic rings. The van der Waals surface area contributed by atoms with Crippen molar-refractivity contribution in [2.75, 3.05) is 6.54 Å². The lowest BCUT2D eigenvalue weighted by Crippen LogP contribution is -2.25. The fraction of sp³-hybridized carbons (Fsp3) is 0.261. The van der Waals surface area contributed by atoms with Crippen LogP contribution in [0.1, 0.15) is 36.3 Å². The molecule has 2 aromatic carbocycles. The molecule has 0 saturated carbocycles. The number of hydrogen-bond acceptors (Lipinski definition) is 1. The van der Waals surface area contributed by atoms with Gasteiger partial charge in [0.15, 0.2) is 0 Å². The largest absolute Gasteiger partial charge is 0.352 e. The lowest BCUT2D eigenvalue weighted by atomic mass is 10.1. The Morgan fingerprint density at radius 2 is 1.75 bits per heavy atom. The Morgan fingerprint density at radius 1 is 1.11 bits per heavy atom. The molecule has 0 saturated heterocycles. The molecule has 1 N–H and O–H groups in total. The Morgan fingerprint density at radius 3 is 2.36 bits per heavy atom. The van der Waals surface area contributed by atoms with Crippen LogP contribution in [-0.4, -0.2) is 17.0 Å². The van der Waals surface area contributed by atoms with Crippen molar-refractivity contribution < 1.29 is 9.18 Å². The molecule has 0 radical (unpaired) electrons. The summed E-state index contributed by atoms with van der Waals surface area (Å²) in [5.41, 5.74) is 3.99. The molecule has 1 amide bonds. The molecule has 0 aliphatic heterocycles. The highest BCUT2D eigenvalue weighted by Crippen LogP contribution is 2.30. The summed E-state index contributed by atoms with van der Waals surface area (Å²) in [6, 6.07) is 15.6. The van der Waals surface area contributed by atoms with E-state index in [0.29, 0.717) is 23.0 Å². The molecular weight excluding hydrogens is 375 g/mol. The summed E-state index contributed by atoms with van der Waals surface area (Å²) < 4.78 is 15.4. The van der Waals surface area contributed by atoms with Crippen LogP contribution in [0.25, 0.3) is 16.9 Å². The van der Waals surface area contributed by atoms with Gasteiger partial charge in [0, 0.05) is 22.9 Å². The van der Waals surface area contributed by atoms with E-state index in [1.165, 1.54) is 12.1 Å². The first kappa shape index (κ1) is 20.2. The number of rotatable bonds is 6. The van der Waals surface area contributed by atoms with E-state index in [1.807, 2.05) is 41.8 Å². The van der Waals surface area contributed by atoms with Crippen molar-refractivity contribution in [2.24, 2.45) is 5.92 Å². The fourth-order valence-electron chi connectivity index (χ4n) is 3.16. The lowest BCUT2D eigenvalue weighted by Gasteiger charge is -2.13. The molecule has 3 nitrogen and oxygen atoms in total. The quantitative estimate of drug-likeness (QED) is 0.541. The van der Waals surface area contributed by atoms with Crippen molar-refractivity contribution >= 4 is 17.5 Å². The topological polar surface area (TPSA) is 34.0 Å². The molecule has 0 spiro atoms. The van der Waals surface area contributed by atoms with Crippen molar-refractivity contribution in [3.8, 4) is 16.9 Å². The van der Waals surface area contributed by atoms with Gasteiger partial charge in [-0.15, -0.1) is 0 Å². The van der Waals surface area contributed by atoms with Gasteiger partial charge in [-0.1, -0.05) is 37.6 Å². The standard InChI is InChI=1S/C23H24ClFN2O/c1-15(2)12-13-26-23(28)21-14-22(17-4-6-18(24)7-5-17)27(16(21)3)20-10-8-19(25)9-11-20/h4-11,14-15H,12-13H2,1-3H3,(H,26,28). The van der Waals surface area contributed by atoms with Crippen LogP contribution >= 0.6 is 11.6 Å². The highest BCUT2D eigenvalue weighted by atomic mass is 35.5. The Hall–Kier alpha value is -2.59. The van der Waals surface area contributed by atoms with Gasteiger partial charge in [-0.05, 0) is 67.3 Å². The van der Waals surface area contributed by atoms with Crippen molar-refractivity contribution in [1.82, 2.24) is 9.88 Å². The molecule has 1 aromatic heterocycles. The number of carbonyl (C=O) groups excluding carboxylic acids is 1. The number of aromatic nitrogens is 1. The molecule has 0 unspecified atom stereocenters. The minimum Gasteiger partial charge on any atom is -0.352 e. The smallest absolute Gasteiger partial charge is 0.253 e. The van der Waals surface area contributed by atoms with Crippen LogP contribution in [0.15, 0.2) is 54.6 Å². The van der Waals surface area contributed by atoms with E-state index in [2.05, 4.69) is 19.2 Å². The second-order valence-electron chi connectivity index (χ2n) is 7.29. The number of halogens is 2. The van der Waals surface area contributed by atoms with Crippen LogP contribution in [0.4, 0.5) is 4.39 Å². The first-order valence-corrected chi connectivity index (χ1v) is 9.77.